The highest BCUT2D eigenvalue weighted by molar-refractivity contribution is 5.40. The van der Waals surface area contributed by atoms with Gasteiger partial charge in [-0.1, -0.05) is 25.3 Å². The summed E-state index contributed by atoms with van der Waals surface area (Å²) >= 11 is 0. The molecule has 2 rings (SSSR count). The van der Waals surface area contributed by atoms with Crippen LogP contribution in [0.3, 0.4) is 0 Å². The third-order valence-corrected chi connectivity index (χ3v) is 3.53. The monoisotopic (exact) mass is 221 g/mol. The maximum Gasteiger partial charge on any atom is 0.124 e. The second-order valence-corrected chi connectivity index (χ2v) is 4.67. The minimum atomic E-state index is -0.110. The number of hydrogen-bond donors (Lipinski definition) is 3. The Kier molecular flexibility index (Phi) is 3.34. The molecular weight excluding hydrogens is 202 g/mol. The number of aromatic hydroxyl groups is 2. The van der Waals surface area contributed by atoms with Crippen LogP contribution in [-0.2, 0) is 0 Å². The Hall–Kier alpha value is -1.22. The topological polar surface area (TPSA) is 66.5 Å². The molecule has 0 unspecified atom stereocenters. The van der Waals surface area contributed by atoms with Crippen molar-refractivity contribution in [2.24, 2.45) is 11.7 Å². The molecule has 0 saturated heterocycles. The van der Waals surface area contributed by atoms with Gasteiger partial charge >= 0.3 is 0 Å². The molecule has 0 aromatic heterocycles. The fourth-order valence-electron chi connectivity index (χ4n) is 2.56. The van der Waals surface area contributed by atoms with E-state index in [0.29, 0.717) is 5.92 Å². The summed E-state index contributed by atoms with van der Waals surface area (Å²) in [6.07, 6.45) is 6.04. The molecule has 1 aliphatic carbocycles. The van der Waals surface area contributed by atoms with E-state index in [1.54, 1.807) is 12.1 Å². The van der Waals surface area contributed by atoms with Crippen LogP contribution < -0.4 is 5.73 Å². The summed E-state index contributed by atoms with van der Waals surface area (Å²) in [6.45, 7) is 0. The maximum absolute atomic E-state index is 9.75. The highest BCUT2D eigenvalue weighted by Gasteiger charge is 2.23. The van der Waals surface area contributed by atoms with Gasteiger partial charge < -0.3 is 15.9 Å². The molecule has 1 aromatic rings. The average molecular weight is 221 g/mol. The lowest BCUT2D eigenvalue weighted by molar-refractivity contribution is 0.302. The number of nitrogens with two attached hydrogens (primary N) is 1. The molecule has 3 nitrogen and oxygen atoms in total. The molecule has 0 amide bonds. The molecule has 1 saturated carbocycles. The zero-order valence-corrected chi connectivity index (χ0v) is 9.39. The van der Waals surface area contributed by atoms with Gasteiger partial charge in [-0.25, -0.2) is 0 Å². The van der Waals surface area contributed by atoms with Crippen LogP contribution in [0.4, 0.5) is 0 Å². The highest BCUT2D eigenvalue weighted by Crippen LogP contribution is 2.37. The van der Waals surface area contributed by atoms with Crippen LogP contribution in [0.1, 0.15) is 43.7 Å². The van der Waals surface area contributed by atoms with Crippen molar-refractivity contribution in [3.63, 3.8) is 0 Å². The Morgan fingerprint density at radius 2 is 1.81 bits per heavy atom. The number of rotatable bonds is 2. The van der Waals surface area contributed by atoms with Crippen LogP contribution in [0, 0.1) is 5.92 Å². The molecule has 0 spiro atoms. The van der Waals surface area contributed by atoms with Gasteiger partial charge in [0.15, 0.2) is 0 Å². The van der Waals surface area contributed by atoms with Crippen LogP contribution in [-0.4, -0.2) is 10.2 Å². The van der Waals surface area contributed by atoms with E-state index >= 15 is 0 Å². The van der Waals surface area contributed by atoms with Gasteiger partial charge in [0.25, 0.3) is 0 Å². The van der Waals surface area contributed by atoms with Gasteiger partial charge in [-0.3, -0.25) is 0 Å². The molecule has 1 aliphatic rings. The van der Waals surface area contributed by atoms with E-state index in [1.807, 2.05) is 0 Å². The first-order valence-corrected chi connectivity index (χ1v) is 5.96. The third kappa shape index (κ3) is 2.30. The first-order chi connectivity index (χ1) is 7.68. The number of benzene rings is 1. The Bertz CT molecular complexity index is 359. The minimum Gasteiger partial charge on any atom is -0.508 e. The van der Waals surface area contributed by atoms with Crippen LogP contribution in [0.2, 0.25) is 0 Å². The molecule has 0 radical (unpaired) electrons. The van der Waals surface area contributed by atoms with Gasteiger partial charge in [0.1, 0.15) is 11.5 Å². The number of phenols is 2. The standard InChI is InChI=1S/C13H19NO2/c14-13(9-4-2-1-3-5-9)11-7-6-10(15)8-12(11)16/h6-9,13,15-16H,1-5,14H2/t13-/m1/s1. The van der Waals surface area contributed by atoms with Crippen molar-refractivity contribution >= 4 is 0 Å². The summed E-state index contributed by atoms with van der Waals surface area (Å²) in [7, 11) is 0. The van der Waals surface area contributed by atoms with Gasteiger partial charge in [-0.05, 0) is 24.8 Å². The van der Waals surface area contributed by atoms with E-state index < -0.39 is 0 Å². The molecule has 1 atom stereocenters. The van der Waals surface area contributed by atoms with Crippen molar-refractivity contribution < 1.29 is 10.2 Å². The Morgan fingerprint density at radius 3 is 2.44 bits per heavy atom. The van der Waals surface area contributed by atoms with Crippen molar-refractivity contribution in [3.8, 4) is 11.5 Å². The molecule has 3 heteroatoms. The van der Waals surface area contributed by atoms with E-state index in [-0.39, 0.29) is 17.5 Å². The molecule has 0 bridgehead atoms. The quantitative estimate of drug-likeness (QED) is 0.719. The van der Waals surface area contributed by atoms with Crippen molar-refractivity contribution in [3.05, 3.63) is 23.8 Å². The summed E-state index contributed by atoms with van der Waals surface area (Å²) in [5, 5.41) is 19.0. The van der Waals surface area contributed by atoms with Gasteiger partial charge in [0, 0.05) is 17.7 Å². The van der Waals surface area contributed by atoms with E-state index in [0.717, 1.165) is 18.4 Å². The Morgan fingerprint density at radius 1 is 1.12 bits per heavy atom. The third-order valence-electron chi connectivity index (χ3n) is 3.53. The normalized spacial score (nSPS) is 19.6. The van der Waals surface area contributed by atoms with Gasteiger partial charge in [0.05, 0.1) is 0 Å². The predicted octanol–water partition coefficient (Wildman–Crippen LogP) is 2.68. The van der Waals surface area contributed by atoms with E-state index in [2.05, 4.69) is 0 Å². The molecule has 4 N–H and O–H groups in total. The second-order valence-electron chi connectivity index (χ2n) is 4.67. The zero-order valence-electron chi connectivity index (χ0n) is 9.39. The highest BCUT2D eigenvalue weighted by atomic mass is 16.3. The molecule has 1 aromatic carbocycles. The lowest BCUT2D eigenvalue weighted by atomic mass is 9.81. The number of phenolic OH excluding ortho intramolecular Hbond substituents is 2. The Balaban J connectivity index is 2.15. The van der Waals surface area contributed by atoms with Gasteiger partial charge in [-0.15, -0.1) is 0 Å². The van der Waals surface area contributed by atoms with Crippen LogP contribution >= 0.6 is 0 Å². The summed E-state index contributed by atoms with van der Waals surface area (Å²) in [5.41, 5.74) is 6.93. The van der Waals surface area contributed by atoms with Crippen molar-refractivity contribution in [2.75, 3.05) is 0 Å². The summed E-state index contributed by atoms with van der Waals surface area (Å²) in [4.78, 5) is 0. The minimum absolute atomic E-state index is 0.0806. The molecule has 0 aliphatic heterocycles. The van der Waals surface area contributed by atoms with Crippen molar-refractivity contribution in [1.29, 1.82) is 0 Å². The molecule has 0 heterocycles. The summed E-state index contributed by atoms with van der Waals surface area (Å²) in [5.74, 6) is 0.652. The lowest BCUT2D eigenvalue weighted by Gasteiger charge is -2.28. The predicted molar refractivity (Wildman–Crippen MR) is 63.3 cm³/mol. The van der Waals surface area contributed by atoms with Gasteiger partial charge in [0.2, 0.25) is 0 Å². The van der Waals surface area contributed by atoms with Crippen LogP contribution in [0.15, 0.2) is 18.2 Å². The van der Waals surface area contributed by atoms with Crippen molar-refractivity contribution in [1.82, 2.24) is 0 Å². The zero-order chi connectivity index (χ0) is 11.5. The second kappa shape index (κ2) is 4.74. The molecular formula is C13H19NO2. The maximum atomic E-state index is 9.75. The van der Waals surface area contributed by atoms with Crippen LogP contribution in [0.25, 0.3) is 0 Å². The van der Waals surface area contributed by atoms with Crippen LogP contribution in [0.5, 0.6) is 11.5 Å². The summed E-state index contributed by atoms with van der Waals surface area (Å²) in [6, 6.07) is 4.56. The first-order valence-electron chi connectivity index (χ1n) is 5.96. The number of hydrogen-bond acceptors (Lipinski definition) is 3. The van der Waals surface area contributed by atoms with E-state index in [4.69, 9.17) is 5.73 Å². The molecule has 1 fully saturated rings. The van der Waals surface area contributed by atoms with E-state index in [1.165, 1.54) is 25.3 Å². The Labute approximate surface area is 95.9 Å². The largest absolute Gasteiger partial charge is 0.508 e. The molecule has 16 heavy (non-hydrogen) atoms. The van der Waals surface area contributed by atoms with Crippen molar-refractivity contribution in [2.45, 2.75) is 38.1 Å². The first kappa shape index (κ1) is 11.3. The van der Waals surface area contributed by atoms with E-state index in [9.17, 15) is 10.2 Å². The average Bonchev–Trinajstić information content (AvgIpc) is 2.29. The SMILES string of the molecule is N[C@@H](c1ccc(O)cc1O)C1CCCCC1. The lowest BCUT2D eigenvalue weighted by Crippen LogP contribution is -2.23. The fraction of sp³-hybridized carbons (Fsp3) is 0.538. The fourth-order valence-corrected chi connectivity index (χ4v) is 2.56. The smallest absolute Gasteiger partial charge is 0.124 e. The van der Waals surface area contributed by atoms with Gasteiger partial charge in [-0.2, -0.15) is 0 Å². The summed E-state index contributed by atoms with van der Waals surface area (Å²) < 4.78 is 0. The molecule has 88 valence electrons.